The van der Waals surface area contributed by atoms with Gasteiger partial charge in [-0.15, -0.1) is 0 Å². The molecule has 1 fully saturated rings. The van der Waals surface area contributed by atoms with E-state index in [2.05, 4.69) is 35.4 Å². The molecule has 2 heterocycles. The van der Waals surface area contributed by atoms with Crippen molar-refractivity contribution in [1.82, 2.24) is 9.88 Å². The standard InChI is InChI=1S/C26H29N3O3/c1-4-23-27-18(3)24(32-23)26(31)29-13-7-11-21(16-29)25(30)28-22-12-6-10-20(15-22)19-9-5-8-17(2)14-19/h5-6,8-10,12,14-15,21H,4,7,11,13,16H2,1-3H3,(H,28,30)/t21-/m1/s1. The SMILES string of the molecule is CCc1nc(C)c(C(=O)N2CCC[C@@H](C(=O)Nc3cccc(-c4cccc(C)c4)c3)C2)o1. The summed E-state index contributed by atoms with van der Waals surface area (Å²) in [6, 6.07) is 16.2. The van der Waals surface area contributed by atoms with Crippen molar-refractivity contribution in [3.63, 3.8) is 0 Å². The first-order valence-corrected chi connectivity index (χ1v) is 11.2. The van der Waals surface area contributed by atoms with Gasteiger partial charge in [-0.05, 0) is 49.9 Å². The normalized spacial score (nSPS) is 16.1. The van der Waals surface area contributed by atoms with Gasteiger partial charge in [0, 0.05) is 25.2 Å². The number of oxazole rings is 1. The number of hydrogen-bond acceptors (Lipinski definition) is 4. The third kappa shape index (κ3) is 4.74. The topological polar surface area (TPSA) is 75.4 Å². The molecule has 4 rings (SSSR count). The van der Waals surface area contributed by atoms with Crippen LogP contribution in [0.2, 0.25) is 0 Å². The molecule has 1 aliphatic heterocycles. The monoisotopic (exact) mass is 431 g/mol. The van der Waals surface area contributed by atoms with Gasteiger partial charge < -0.3 is 14.6 Å². The summed E-state index contributed by atoms with van der Waals surface area (Å²) in [7, 11) is 0. The van der Waals surface area contributed by atoms with E-state index in [1.165, 1.54) is 5.56 Å². The first kappa shape index (κ1) is 21.8. The predicted molar refractivity (Wildman–Crippen MR) is 124 cm³/mol. The molecular formula is C26H29N3O3. The van der Waals surface area contributed by atoms with Gasteiger partial charge in [-0.2, -0.15) is 0 Å². The molecule has 0 radical (unpaired) electrons. The molecule has 6 heteroatoms. The van der Waals surface area contributed by atoms with Gasteiger partial charge in [-0.3, -0.25) is 9.59 Å². The molecule has 32 heavy (non-hydrogen) atoms. The summed E-state index contributed by atoms with van der Waals surface area (Å²) in [5, 5.41) is 3.05. The smallest absolute Gasteiger partial charge is 0.291 e. The minimum atomic E-state index is -0.260. The summed E-state index contributed by atoms with van der Waals surface area (Å²) < 4.78 is 5.63. The van der Waals surface area contributed by atoms with Gasteiger partial charge in [0.05, 0.1) is 11.6 Å². The van der Waals surface area contributed by atoms with Crippen molar-refractivity contribution in [2.75, 3.05) is 18.4 Å². The minimum absolute atomic E-state index is 0.0626. The van der Waals surface area contributed by atoms with E-state index < -0.39 is 0 Å². The second-order valence-electron chi connectivity index (χ2n) is 8.41. The highest BCUT2D eigenvalue weighted by molar-refractivity contribution is 5.95. The third-order valence-corrected chi connectivity index (χ3v) is 5.90. The number of nitrogens with one attached hydrogen (secondary N) is 1. The van der Waals surface area contributed by atoms with Crippen LogP contribution in [-0.4, -0.2) is 34.8 Å². The fourth-order valence-corrected chi connectivity index (χ4v) is 4.17. The van der Waals surface area contributed by atoms with E-state index in [1.807, 2.05) is 37.3 Å². The molecule has 0 spiro atoms. The van der Waals surface area contributed by atoms with Crippen LogP contribution >= 0.6 is 0 Å². The van der Waals surface area contributed by atoms with Gasteiger partial charge >= 0.3 is 0 Å². The van der Waals surface area contributed by atoms with Crippen molar-refractivity contribution in [3.8, 4) is 11.1 Å². The lowest BCUT2D eigenvalue weighted by Crippen LogP contribution is -2.43. The van der Waals surface area contributed by atoms with Crippen LogP contribution in [0.3, 0.4) is 0 Å². The number of piperidine rings is 1. The number of likely N-dealkylation sites (tertiary alicyclic amines) is 1. The van der Waals surface area contributed by atoms with Crippen LogP contribution in [0.5, 0.6) is 0 Å². The Labute approximate surface area is 188 Å². The Bertz CT molecular complexity index is 1130. The molecule has 1 aromatic heterocycles. The first-order chi connectivity index (χ1) is 15.4. The zero-order valence-corrected chi connectivity index (χ0v) is 18.9. The van der Waals surface area contributed by atoms with Crippen LogP contribution < -0.4 is 5.32 Å². The van der Waals surface area contributed by atoms with E-state index in [1.54, 1.807) is 11.8 Å². The molecule has 0 unspecified atom stereocenters. The van der Waals surface area contributed by atoms with Gasteiger partial charge in [0.2, 0.25) is 11.7 Å². The Morgan fingerprint density at radius 2 is 1.88 bits per heavy atom. The molecule has 6 nitrogen and oxygen atoms in total. The van der Waals surface area contributed by atoms with Crippen molar-refractivity contribution in [3.05, 3.63) is 71.4 Å². The molecule has 2 amide bonds. The number of carbonyl (C=O) groups excluding carboxylic acids is 2. The van der Waals surface area contributed by atoms with Crippen LogP contribution in [0.15, 0.2) is 52.9 Å². The van der Waals surface area contributed by atoms with Gasteiger partial charge in [-0.25, -0.2) is 4.98 Å². The van der Waals surface area contributed by atoms with E-state index in [0.29, 0.717) is 31.1 Å². The highest BCUT2D eigenvalue weighted by atomic mass is 16.4. The van der Waals surface area contributed by atoms with Crippen LogP contribution in [0, 0.1) is 19.8 Å². The number of nitrogens with zero attached hydrogens (tertiary/aromatic N) is 2. The second-order valence-corrected chi connectivity index (χ2v) is 8.41. The fourth-order valence-electron chi connectivity index (χ4n) is 4.17. The summed E-state index contributed by atoms with van der Waals surface area (Å²) in [5.74, 6) is 0.338. The van der Waals surface area contributed by atoms with E-state index in [4.69, 9.17) is 4.42 Å². The second kappa shape index (κ2) is 9.39. The van der Waals surface area contributed by atoms with E-state index in [9.17, 15) is 9.59 Å². The molecule has 3 aromatic rings. The largest absolute Gasteiger partial charge is 0.435 e. The zero-order chi connectivity index (χ0) is 22.7. The van der Waals surface area contributed by atoms with Gasteiger partial charge in [0.1, 0.15) is 0 Å². The number of amides is 2. The number of benzene rings is 2. The first-order valence-electron chi connectivity index (χ1n) is 11.2. The molecule has 1 N–H and O–H groups in total. The molecule has 166 valence electrons. The van der Waals surface area contributed by atoms with E-state index >= 15 is 0 Å². The van der Waals surface area contributed by atoms with Crippen LogP contribution in [0.4, 0.5) is 5.69 Å². The number of rotatable bonds is 5. The Morgan fingerprint density at radius 1 is 1.12 bits per heavy atom. The molecule has 0 saturated carbocycles. The van der Waals surface area contributed by atoms with Gasteiger partial charge in [-0.1, -0.05) is 48.9 Å². The quantitative estimate of drug-likeness (QED) is 0.616. The maximum Gasteiger partial charge on any atom is 0.291 e. The summed E-state index contributed by atoms with van der Waals surface area (Å²) >= 11 is 0. The summed E-state index contributed by atoms with van der Waals surface area (Å²) in [4.78, 5) is 32.0. The third-order valence-electron chi connectivity index (χ3n) is 5.90. The summed E-state index contributed by atoms with van der Waals surface area (Å²) in [6.45, 7) is 6.78. The Kier molecular flexibility index (Phi) is 6.40. The lowest BCUT2D eigenvalue weighted by molar-refractivity contribution is -0.121. The van der Waals surface area contributed by atoms with E-state index in [0.717, 1.165) is 29.7 Å². The van der Waals surface area contributed by atoms with Gasteiger partial charge in [0.15, 0.2) is 5.89 Å². The van der Waals surface area contributed by atoms with Crippen molar-refractivity contribution in [2.45, 2.75) is 40.0 Å². The maximum absolute atomic E-state index is 13.0. The fraction of sp³-hybridized carbons (Fsp3) is 0.346. The van der Waals surface area contributed by atoms with Crippen molar-refractivity contribution in [2.24, 2.45) is 5.92 Å². The highest BCUT2D eigenvalue weighted by Gasteiger charge is 2.31. The molecule has 1 atom stereocenters. The van der Waals surface area contributed by atoms with Crippen molar-refractivity contribution in [1.29, 1.82) is 0 Å². The molecule has 2 aromatic carbocycles. The number of aryl methyl sites for hydroxylation is 3. The predicted octanol–water partition coefficient (Wildman–Crippen LogP) is 5.01. The van der Waals surface area contributed by atoms with Crippen molar-refractivity contribution >= 4 is 17.5 Å². The highest BCUT2D eigenvalue weighted by Crippen LogP contribution is 2.25. The maximum atomic E-state index is 13.0. The average molecular weight is 432 g/mol. The zero-order valence-electron chi connectivity index (χ0n) is 18.9. The van der Waals surface area contributed by atoms with Gasteiger partial charge in [0.25, 0.3) is 5.91 Å². The number of anilines is 1. The van der Waals surface area contributed by atoms with Crippen LogP contribution in [0.25, 0.3) is 11.1 Å². The molecule has 0 aliphatic carbocycles. The van der Waals surface area contributed by atoms with E-state index in [-0.39, 0.29) is 23.5 Å². The van der Waals surface area contributed by atoms with Crippen LogP contribution in [-0.2, 0) is 11.2 Å². The number of carbonyl (C=O) groups is 2. The average Bonchev–Trinajstić information content (AvgIpc) is 3.19. The van der Waals surface area contributed by atoms with Crippen LogP contribution in [0.1, 0.15) is 47.5 Å². The Balaban J connectivity index is 1.44. The molecule has 0 bridgehead atoms. The Hall–Kier alpha value is -3.41. The number of hydrogen-bond donors (Lipinski definition) is 1. The minimum Gasteiger partial charge on any atom is -0.435 e. The Morgan fingerprint density at radius 3 is 2.59 bits per heavy atom. The lowest BCUT2D eigenvalue weighted by Gasteiger charge is -2.31. The molecular weight excluding hydrogens is 402 g/mol. The molecule has 1 saturated heterocycles. The lowest BCUT2D eigenvalue weighted by atomic mass is 9.96. The number of aromatic nitrogens is 1. The summed E-state index contributed by atoms with van der Waals surface area (Å²) in [6.07, 6.45) is 2.17. The molecule has 1 aliphatic rings. The summed E-state index contributed by atoms with van der Waals surface area (Å²) in [5.41, 5.74) is 4.73. The van der Waals surface area contributed by atoms with Crippen molar-refractivity contribution < 1.29 is 14.0 Å².